The highest BCUT2D eigenvalue weighted by molar-refractivity contribution is 5.10. The van der Waals surface area contributed by atoms with E-state index in [0.29, 0.717) is 0 Å². The van der Waals surface area contributed by atoms with Crippen LogP contribution >= 0.6 is 0 Å². The Morgan fingerprint density at radius 3 is 2.78 bits per heavy atom. The predicted octanol–water partition coefficient (Wildman–Crippen LogP) is 2.08. The van der Waals surface area contributed by atoms with Gasteiger partial charge in [-0.1, -0.05) is 26.0 Å². The van der Waals surface area contributed by atoms with Crippen LogP contribution in [0.25, 0.3) is 0 Å². The normalized spacial score (nSPS) is 10.0. The van der Waals surface area contributed by atoms with E-state index in [1.54, 1.807) is 0 Å². The molecule has 1 nitrogen and oxygen atoms in total. The number of rotatable bonds is 4. The topological polar surface area (TPSA) is 12.0 Å². The Hall–Kier alpha value is -0.720. The molecular formula is C8H15N. The maximum Gasteiger partial charge on any atom is 0.0261 e. The Balaban J connectivity index is 3.32. The maximum absolute atomic E-state index is 3.75. The van der Waals surface area contributed by atoms with Crippen molar-refractivity contribution in [2.75, 3.05) is 7.05 Å². The van der Waals surface area contributed by atoms with E-state index in [9.17, 15) is 0 Å². The third-order valence-electron chi connectivity index (χ3n) is 1.10. The molecule has 0 radical (unpaired) electrons. The molecule has 52 valence electrons. The van der Waals surface area contributed by atoms with Crippen molar-refractivity contribution in [2.24, 2.45) is 0 Å². The smallest absolute Gasteiger partial charge is 0.0261 e. The molecule has 0 fully saturated rings. The average Bonchev–Trinajstić information content (AvgIpc) is 1.89. The number of likely N-dealkylation sites (N-methyl/N-ethyl adjacent to an activating group) is 1. The molecule has 0 amide bonds. The summed E-state index contributed by atoms with van der Waals surface area (Å²) in [6, 6.07) is 0. The van der Waals surface area contributed by atoms with Gasteiger partial charge >= 0.3 is 0 Å². The van der Waals surface area contributed by atoms with Gasteiger partial charge in [-0.05, 0) is 12.5 Å². The first-order chi connectivity index (χ1) is 4.31. The summed E-state index contributed by atoms with van der Waals surface area (Å²) in [5.41, 5.74) is 0.975. The third kappa shape index (κ3) is 5.15. The van der Waals surface area contributed by atoms with Crippen LogP contribution in [0.3, 0.4) is 0 Å². The summed E-state index contributed by atoms with van der Waals surface area (Å²) in [6.45, 7) is 5.91. The van der Waals surface area contributed by atoms with Gasteiger partial charge in [-0.15, -0.1) is 0 Å². The Bertz CT molecular complexity index is 103. The van der Waals surface area contributed by atoms with Crippen LogP contribution in [-0.4, -0.2) is 7.05 Å². The minimum absolute atomic E-state index is 0.975. The maximum atomic E-state index is 3.75. The first-order valence-electron chi connectivity index (χ1n) is 3.34. The van der Waals surface area contributed by atoms with E-state index < -0.39 is 0 Å². The second-order valence-corrected chi connectivity index (χ2v) is 1.97. The van der Waals surface area contributed by atoms with Crippen molar-refractivity contribution >= 4 is 0 Å². The molecule has 0 aromatic carbocycles. The van der Waals surface area contributed by atoms with E-state index in [0.717, 1.165) is 12.1 Å². The zero-order valence-electron chi connectivity index (χ0n) is 6.28. The Morgan fingerprint density at radius 1 is 1.67 bits per heavy atom. The number of nitrogens with one attached hydrogen (secondary N) is 1. The van der Waals surface area contributed by atoms with Crippen molar-refractivity contribution in [3.8, 4) is 0 Å². The first kappa shape index (κ1) is 8.28. The lowest BCUT2D eigenvalue weighted by molar-refractivity contribution is 0.951. The number of unbranched alkanes of at least 4 members (excludes halogenated alkanes) is 1. The molecule has 0 saturated heterocycles. The van der Waals surface area contributed by atoms with Gasteiger partial charge in [-0.3, -0.25) is 0 Å². The molecule has 1 heteroatoms. The summed E-state index contributed by atoms with van der Waals surface area (Å²) in [4.78, 5) is 0. The molecule has 0 rings (SSSR count). The van der Waals surface area contributed by atoms with Gasteiger partial charge in [0.2, 0.25) is 0 Å². The van der Waals surface area contributed by atoms with Crippen molar-refractivity contribution in [2.45, 2.75) is 19.8 Å². The van der Waals surface area contributed by atoms with Gasteiger partial charge in [0, 0.05) is 12.7 Å². The summed E-state index contributed by atoms with van der Waals surface area (Å²) >= 11 is 0. The van der Waals surface area contributed by atoms with Crippen LogP contribution in [0, 0.1) is 0 Å². The highest BCUT2D eigenvalue weighted by Crippen LogP contribution is 1.91. The SMILES string of the molecule is C=C(/C=C\CCC)NC. The number of allylic oxidation sites excluding steroid dienone is 2. The molecule has 0 aliphatic heterocycles. The molecule has 0 aromatic rings. The molecule has 0 aromatic heterocycles. The highest BCUT2D eigenvalue weighted by Gasteiger charge is 1.76. The molecule has 0 atom stereocenters. The van der Waals surface area contributed by atoms with Crippen LogP contribution in [-0.2, 0) is 0 Å². The average molecular weight is 125 g/mol. The fraction of sp³-hybridized carbons (Fsp3) is 0.500. The van der Waals surface area contributed by atoms with Gasteiger partial charge in [0.25, 0.3) is 0 Å². The van der Waals surface area contributed by atoms with Crippen LogP contribution in [0.15, 0.2) is 24.4 Å². The minimum atomic E-state index is 0.975. The lowest BCUT2D eigenvalue weighted by Gasteiger charge is -1.93. The van der Waals surface area contributed by atoms with Crippen LogP contribution in [0.2, 0.25) is 0 Å². The highest BCUT2D eigenvalue weighted by atomic mass is 14.8. The minimum Gasteiger partial charge on any atom is -0.389 e. The van der Waals surface area contributed by atoms with Crippen molar-refractivity contribution in [1.29, 1.82) is 0 Å². The molecule has 9 heavy (non-hydrogen) atoms. The summed E-state index contributed by atoms with van der Waals surface area (Å²) in [5.74, 6) is 0. The van der Waals surface area contributed by atoms with E-state index in [1.165, 1.54) is 6.42 Å². The first-order valence-corrected chi connectivity index (χ1v) is 3.34. The molecule has 0 saturated carbocycles. The van der Waals surface area contributed by atoms with Crippen LogP contribution < -0.4 is 5.32 Å². The summed E-state index contributed by atoms with van der Waals surface area (Å²) in [6.07, 6.45) is 6.47. The third-order valence-corrected chi connectivity index (χ3v) is 1.10. The molecule has 0 aliphatic carbocycles. The van der Waals surface area contributed by atoms with Crippen LogP contribution in [0.1, 0.15) is 19.8 Å². The Morgan fingerprint density at radius 2 is 2.33 bits per heavy atom. The number of hydrogen-bond donors (Lipinski definition) is 1. The molecular weight excluding hydrogens is 110 g/mol. The summed E-state index contributed by atoms with van der Waals surface area (Å²) in [5, 5.41) is 2.94. The van der Waals surface area contributed by atoms with Gasteiger partial charge in [-0.2, -0.15) is 0 Å². The summed E-state index contributed by atoms with van der Waals surface area (Å²) < 4.78 is 0. The Labute approximate surface area is 57.5 Å². The molecule has 0 bridgehead atoms. The van der Waals surface area contributed by atoms with Gasteiger partial charge in [0.1, 0.15) is 0 Å². The Kier molecular flexibility index (Phi) is 4.98. The second-order valence-electron chi connectivity index (χ2n) is 1.97. The van der Waals surface area contributed by atoms with E-state index in [1.807, 2.05) is 13.1 Å². The number of hydrogen-bond acceptors (Lipinski definition) is 1. The zero-order valence-corrected chi connectivity index (χ0v) is 6.28. The molecule has 0 spiro atoms. The van der Waals surface area contributed by atoms with Crippen molar-refractivity contribution < 1.29 is 0 Å². The van der Waals surface area contributed by atoms with E-state index in [-0.39, 0.29) is 0 Å². The molecule has 0 heterocycles. The fourth-order valence-corrected chi connectivity index (χ4v) is 0.476. The van der Waals surface area contributed by atoms with Crippen LogP contribution in [0.4, 0.5) is 0 Å². The molecule has 0 aliphatic rings. The van der Waals surface area contributed by atoms with Gasteiger partial charge in [0.15, 0.2) is 0 Å². The van der Waals surface area contributed by atoms with Crippen molar-refractivity contribution in [3.05, 3.63) is 24.4 Å². The van der Waals surface area contributed by atoms with E-state index >= 15 is 0 Å². The van der Waals surface area contributed by atoms with Crippen LogP contribution in [0.5, 0.6) is 0 Å². The van der Waals surface area contributed by atoms with Crippen molar-refractivity contribution in [1.82, 2.24) is 5.32 Å². The fourth-order valence-electron chi connectivity index (χ4n) is 0.476. The molecule has 1 N–H and O–H groups in total. The second kappa shape index (κ2) is 5.42. The van der Waals surface area contributed by atoms with E-state index in [2.05, 4.69) is 24.9 Å². The quantitative estimate of drug-likeness (QED) is 0.567. The predicted molar refractivity (Wildman–Crippen MR) is 42.2 cm³/mol. The lowest BCUT2D eigenvalue weighted by atomic mass is 10.3. The zero-order chi connectivity index (χ0) is 7.11. The van der Waals surface area contributed by atoms with Crippen molar-refractivity contribution in [3.63, 3.8) is 0 Å². The lowest BCUT2D eigenvalue weighted by Crippen LogP contribution is -2.00. The molecule has 0 unspecified atom stereocenters. The van der Waals surface area contributed by atoms with Gasteiger partial charge < -0.3 is 5.32 Å². The largest absolute Gasteiger partial charge is 0.389 e. The van der Waals surface area contributed by atoms with Gasteiger partial charge in [0.05, 0.1) is 0 Å². The van der Waals surface area contributed by atoms with Gasteiger partial charge in [-0.25, -0.2) is 0 Å². The summed E-state index contributed by atoms with van der Waals surface area (Å²) in [7, 11) is 1.87. The van der Waals surface area contributed by atoms with E-state index in [4.69, 9.17) is 0 Å². The monoisotopic (exact) mass is 125 g/mol. The standard InChI is InChI=1S/C8H15N/c1-4-5-6-7-8(2)9-3/h6-7,9H,2,4-5H2,1,3H3/b7-6-.